The number of hydrogen-bond donors (Lipinski definition) is 1. The fourth-order valence-corrected chi connectivity index (χ4v) is 3.54. The minimum Gasteiger partial charge on any atom is -0.469 e. The summed E-state index contributed by atoms with van der Waals surface area (Å²) in [4.78, 5) is 9.81. The molecule has 0 spiro atoms. The van der Waals surface area contributed by atoms with Crippen molar-refractivity contribution < 1.29 is 9.15 Å². The second kappa shape index (κ2) is 12.8. The highest BCUT2D eigenvalue weighted by molar-refractivity contribution is 5.80. The number of nitrogens with zero attached hydrogens (tertiary/aromatic N) is 3. The maximum absolute atomic E-state index is 5.44. The first-order valence-electron chi connectivity index (χ1n) is 10.6. The number of furan rings is 1. The van der Waals surface area contributed by atoms with E-state index in [1.165, 1.54) is 13.0 Å². The molecule has 0 radical (unpaired) electrons. The third-order valence-electron chi connectivity index (χ3n) is 5.14. The van der Waals surface area contributed by atoms with Crippen molar-refractivity contribution in [2.24, 2.45) is 10.9 Å². The van der Waals surface area contributed by atoms with E-state index in [-0.39, 0.29) is 0 Å². The summed E-state index contributed by atoms with van der Waals surface area (Å²) in [5.41, 5.74) is 0. The van der Waals surface area contributed by atoms with Gasteiger partial charge in [-0.15, -0.1) is 0 Å². The van der Waals surface area contributed by atoms with E-state index >= 15 is 0 Å². The van der Waals surface area contributed by atoms with Crippen molar-refractivity contribution in [3.8, 4) is 0 Å². The molecule has 0 aliphatic carbocycles. The quantitative estimate of drug-likeness (QED) is 0.344. The Bertz CT molecular complexity index is 514. The Morgan fingerprint density at radius 1 is 1.37 bits per heavy atom. The third kappa shape index (κ3) is 7.93. The molecule has 6 heteroatoms. The van der Waals surface area contributed by atoms with Gasteiger partial charge >= 0.3 is 0 Å². The SMILES string of the molecule is CCOCCCN=C(NCCc1ccco1)N1CCC(CN(CC)CC)C1. The largest absolute Gasteiger partial charge is 0.469 e. The molecule has 1 unspecified atom stereocenters. The maximum atomic E-state index is 5.44. The third-order valence-corrected chi connectivity index (χ3v) is 5.14. The summed E-state index contributed by atoms with van der Waals surface area (Å²) in [5.74, 6) is 2.78. The zero-order chi connectivity index (χ0) is 19.3. The first kappa shape index (κ1) is 21.8. The van der Waals surface area contributed by atoms with Gasteiger partial charge in [0.25, 0.3) is 0 Å². The highest BCUT2D eigenvalue weighted by Crippen LogP contribution is 2.17. The number of aliphatic imine (C=N–C) groups is 1. The molecule has 0 amide bonds. The zero-order valence-corrected chi connectivity index (χ0v) is 17.5. The van der Waals surface area contributed by atoms with E-state index in [2.05, 4.69) is 29.0 Å². The van der Waals surface area contributed by atoms with Gasteiger partial charge in [0.2, 0.25) is 0 Å². The van der Waals surface area contributed by atoms with Gasteiger partial charge in [-0.05, 0) is 50.9 Å². The highest BCUT2D eigenvalue weighted by atomic mass is 16.5. The number of hydrogen-bond acceptors (Lipinski definition) is 4. The summed E-state index contributed by atoms with van der Waals surface area (Å²) in [5, 5.41) is 3.55. The van der Waals surface area contributed by atoms with Crippen LogP contribution in [-0.4, -0.2) is 74.8 Å². The van der Waals surface area contributed by atoms with Gasteiger partial charge in [0.05, 0.1) is 6.26 Å². The fraction of sp³-hybridized carbons (Fsp3) is 0.762. The molecule has 27 heavy (non-hydrogen) atoms. The molecule has 154 valence electrons. The molecule has 0 bridgehead atoms. The smallest absolute Gasteiger partial charge is 0.193 e. The van der Waals surface area contributed by atoms with Crippen LogP contribution in [0.5, 0.6) is 0 Å². The van der Waals surface area contributed by atoms with Gasteiger partial charge in [-0.1, -0.05) is 13.8 Å². The van der Waals surface area contributed by atoms with Gasteiger partial charge in [-0.25, -0.2) is 0 Å². The average molecular weight is 379 g/mol. The summed E-state index contributed by atoms with van der Waals surface area (Å²) < 4.78 is 10.9. The van der Waals surface area contributed by atoms with Crippen molar-refractivity contribution in [2.45, 2.75) is 40.0 Å². The van der Waals surface area contributed by atoms with Crippen LogP contribution in [0.25, 0.3) is 0 Å². The monoisotopic (exact) mass is 378 g/mol. The van der Waals surface area contributed by atoms with Crippen molar-refractivity contribution >= 4 is 5.96 Å². The van der Waals surface area contributed by atoms with Gasteiger partial charge in [0.1, 0.15) is 5.76 Å². The van der Waals surface area contributed by atoms with E-state index in [1.807, 2.05) is 19.1 Å². The Morgan fingerprint density at radius 3 is 2.93 bits per heavy atom. The summed E-state index contributed by atoms with van der Waals surface area (Å²) in [6.45, 7) is 15.4. The van der Waals surface area contributed by atoms with Crippen LogP contribution in [0, 0.1) is 5.92 Å². The van der Waals surface area contributed by atoms with Crippen molar-refractivity contribution in [2.75, 3.05) is 59.0 Å². The van der Waals surface area contributed by atoms with Gasteiger partial charge in [-0.2, -0.15) is 0 Å². The Balaban J connectivity index is 1.85. The molecule has 1 N–H and O–H groups in total. The van der Waals surface area contributed by atoms with Gasteiger partial charge in [0, 0.05) is 52.4 Å². The number of ether oxygens (including phenoxy) is 1. The molecule has 2 rings (SSSR count). The summed E-state index contributed by atoms with van der Waals surface area (Å²) in [6, 6.07) is 3.97. The first-order chi connectivity index (χ1) is 13.3. The van der Waals surface area contributed by atoms with Crippen LogP contribution in [0.15, 0.2) is 27.8 Å². The van der Waals surface area contributed by atoms with E-state index in [4.69, 9.17) is 14.1 Å². The summed E-state index contributed by atoms with van der Waals surface area (Å²) >= 11 is 0. The molecular weight excluding hydrogens is 340 g/mol. The lowest BCUT2D eigenvalue weighted by Crippen LogP contribution is -2.42. The van der Waals surface area contributed by atoms with Crippen molar-refractivity contribution in [1.82, 2.24) is 15.1 Å². The van der Waals surface area contributed by atoms with E-state index in [0.717, 1.165) is 83.0 Å². The Hall–Kier alpha value is -1.53. The van der Waals surface area contributed by atoms with Crippen LogP contribution >= 0.6 is 0 Å². The molecule has 1 atom stereocenters. The molecule has 1 aliphatic rings. The number of rotatable bonds is 12. The van der Waals surface area contributed by atoms with Crippen molar-refractivity contribution in [1.29, 1.82) is 0 Å². The normalized spacial score (nSPS) is 17.9. The molecule has 1 aromatic heterocycles. The van der Waals surface area contributed by atoms with E-state index in [0.29, 0.717) is 0 Å². The molecule has 2 heterocycles. The molecule has 0 saturated carbocycles. The Labute approximate surface area is 165 Å². The summed E-state index contributed by atoms with van der Waals surface area (Å²) in [7, 11) is 0. The highest BCUT2D eigenvalue weighted by Gasteiger charge is 2.26. The zero-order valence-electron chi connectivity index (χ0n) is 17.5. The van der Waals surface area contributed by atoms with E-state index < -0.39 is 0 Å². The minimum atomic E-state index is 0.727. The lowest BCUT2D eigenvalue weighted by molar-refractivity contribution is 0.146. The van der Waals surface area contributed by atoms with Crippen LogP contribution < -0.4 is 5.32 Å². The Kier molecular flexibility index (Phi) is 10.3. The molecule has 1 fully saturated rings. The fourth-order valence-electron chi connectivity index (χ4n) is 3.54. The van der Waals surface area contributed by atoms with Gasteiger partial charge < -0.3 is 24.3 Å². The average Bonchev–Trinajstić information content (AvgIpc) is 3.36. The molecule has 1 aliphatic heterocycles. The van der Waals surface area contributed by atoms with Crippen LogP contribution in [0.1, 0.15) is 39.4 Å². The maximum Gasteiger partial charge on any atom is 0.193 e. The molecular formula is C21H38N4O2. The van der Waals surface area contributed by atoms with E-state index in [1.54, 1.807) is 6.26 Å². The topological polar surface area (TPSA) is 53.2 Å². The second-order valence-corrected chi connectivity index (χ2v) is 7.10. The second-order valence-electron chi connectivity index (χ2n) is 7.10. The molecule has 6 nitrogen and oxygen atoms in total. The predicted octanol–water partition coefficient (Wildman–Crippen LogP) is 2.86. The minimum absolute atomic E-state index is 0.727. The van der Waals surface area contributed by atoms with Crippen molar-refractivity contribution in [3.05, 3.63) is 24.2 Å². The van der Waals surface area contributed by atoms with E-state index in [9.17, 15) is 0 Å². The first-order valence-corrected chi connectivity index (χ1v) is 10.6. The van der Waals surface area contributed by atoms with Gasteiger partial charge in [0.15, 0.2) is 5.96 Å². The van der Waals surface area contributed by atoms with Crippen LogP contribution in [0.4, 0.5) is 0 Å². The Morgan fingerprint density at radius 2 is 2.22 bits per heavy atom. The lowest BCUT2D eigenvalue weighted by atomic mass is 10.1. The van der Waals surface area contributed by atoms with Crippen LogP contribution in [0.2, 0.25) is 0 Å². The molecule has 1 aromatic rings. The van der Waals surface area contributed by atoms with Gasteiger partial charge in [-0.3, -0.25) is 4.99 Å². The molecule has 0 aromatic carbocycles. The number of likely N-dealkylation sites (tertiary alicyclic amines) is 1. The van der Waals surface area contributed by atoms with Crippen molar-refractivity contribution in [3.63, 3.8) is 0 Å². The predicted molar refractivity (Wildman–Crippen MR) is 111 cm³/mol. The standard InChI is InChI=1S/C21H38N4O2/c1-4-24(5-2)17-19-11-14-25(18-19)21(22-12-8-15-26-6-3)23-13-10-20-9-7-16-27-20/h7,9,16,19H,4-6,8,10-15,17-18H2,1-3H3,(H,22,23). The molecule has 1 saturated heterocycles. The van der Waals surface area contributed by atoms with Crippen LogP contribution in [0.3, 0.4) is 0 Å². The summed E-state index contributed by atoms with van der Waals surface area (Å²) in [6.07, 6.45) is 4.82. The number of guanidine groups is 1. The van der Waals surface area contributed by atoms with Crippen LogP contribution in [-0.2, 0) is 11.2 Å². The lowest BCUT2D eigenvalue weighted by Gasteiger charge is -2.24. The number of nitrogens with one attached hydrogen (secondary N) is 1.